The third-order valence-corrected chi connectivity index (χ3v) is 3.82. The molecule has 0 saturated carbocycles. The molecule has 126 valence electrons. The Morgan fingerprint density at radius 1 is 1.23 bits per heavy atom. The number of rotatable bonds is 4. The lowest BCUT2D eigenvalue weighted by molar-refractivity contribution is -0.141. The van der Waals surface area contributed by atoms with Gasteiger partial charge in [-0.3, -0.25) is 4.79 Å². The number of benzene rings is 1. The Kier molecular flexibility index (Phi) is 9.44. The number of nitrogens with zero attached hydrogens (tertiary/aromatic N) is 2. The van der Waals surface area contributed by atoms with E-state index >= 15 is 0 Å². The lowest BCUT2D eigenvalue weighted by atomic mass is 10.1. The number of hydrogen-bond donors (Lipinski definition) is 1. The van der Waals surface area contributed by atoms with Crippen LogP contribution in [0.3, 0.4) is 0 Å². The van der Waals surface area contributed by atoms with Crippen LogP contribution in [0.25, 0.3) is 0 Å². The van der Waals surface area contributed by atoms with Gasteiger partial charge in [-0.05, 0) is 18.6 Å². The normalized spacial score (nSPS) is 15.6. The van der Waals surface area contributed by atoms with Gasteiger partial charge in [0.2, 0.25) is 0 Å². The molecule has 5 nitrogen and oxygen atoms in total. The highest BCUT2D eigenvalue weighted by Gasteiger charge is 2.26. The first-order valence-corrected chi connectivity index (χ1v) is 6.99. The molecule has 1 unspecified atom stereocenters. The van der Waals surface area contributed by atoms with E-state index in [0.717, 1.165) is 13.1 Å². The van der Waals surface area contributed by atoms with Gasteiger partial charge < -0.3 is 20.3 Å². The van der Waals surface area contributed by atoms with Crippen LogP contribution >= 0.6 is 24.8 Å². The number of nitrogens with two attached hydrogens (primary N) is 1. The standard InChI is InChI=1S/C15H23N3O2.2ClH/c1-12-5-3-4-6-13(12)17-7-9-18(10-8-17)15(19)14(11-16)20-2;;/h3-6,14H,7-11,16H2,1-2H3;2*1H. The molecule has 2 rings (SSSR count). The van der Waals surface area contributed by atoms with Gasteiger partial charge in [-0.2, -0.15) is 0 Å². The van der Waals surface area contributed by atoms with E-state index in [9.17, 15) is 4.79 Å². The van der Waals surface area contributed by atoms with Crippen LogP contribution < -0.4 is 10.6 Å². The molecule has 0 aliphatic carbocycles. The van der Waals surface area contributed by atoms with E-state index in [-0.39, 0.29) is 37.3 Å². The van der Waals surface area contributed by atoms with E-state index < -0.39 is 6.10 Å². The second-order valence-electron chi connectivity index (χ2n) is 5.06. The van der Waals surface area contributed by atoms with Crippen LogP contribution in [0.2, 0.25) is 0 Å². The topological polar surface area (TPSA) is 58.8 Å². The number of amides is 1. The summed E-state index contributed by atoms with van der Waals surface area (Å²) in [5, 5.41) is 0. The number of para-hydroxylation sites is 1. The molecule has 0 aromatic heterocycles. The number of carbonyl (C=O) groups excluding carboxylic acids is 1. The molecule has 1 aliphatic heterocycles. The van der Waals surface area contributed by atoms with Crippen LogP contribution in [-0.2, 0) is 9.53 Å². The molecular formula is C15H25Cl2N3O2. The summed E-state index contributed by atoms with van der Waals surface area (Å²) in [5.41, 5.74) is 8.07. The Balaban J connectivity index is 0.00000220. The smallest absolute Gasteiger partial charge is 0.253 e. The van der Waals surface area contributed by atoms with Gasteiger partial charge in [-0.1, -0.05) is 18.2 Å². The maximum atomic E-state index is 12.2. The predicted octanol–water partition coefficient (Wildman–Crippen LogP) is 1.46. The van der Waals surface area contributed by atoms with Crippen LogP contribution in [0.1, 0.15) is 5.56 Å². The molecule has 1 fully saturated rings. The first-order valence-electron chi connectivity index (χ1n) is 6.99. The highest BCUT2D eigenvalue weighted by molar-refractivity contribution is 5.85. The fourth-order valence-corrected chi connectivity index (χ4v) is 2.59. The largest absolute Gasteiger partial charge is 0.370 e. The molecule has 1 aromatic carbocycles. The monoisotopic (exact) mass is 349 g/mol. The lowest BCUT2D eigenvalue weighted by Gasteiger charge is -2.37. The van der Waals surface area contributed by atoms with Gasteiger partial charge in [0.25, 0.3) is 5.91 Å². The van der Waals surface area contributed by atoms with E-state index in [1.165, 1.54) is 18.4 Å². The van der Waals surface area contributed by atoms with Crippen molar-refractivity contribution in [3.05, 3.63) is 29.8 Å². The first-order chi connectivity index (χ1) is 9.67. The Labute approximate surface area is 144 Å². The number of carbonyl (C=O) groups is 1. The van der Waals surface area contributed by atoms with Crippen molar-refractivity contribution in [1.82, 2.24) is 4.90 Å². The molecule has 7 heteroatoms. The van der Waals surface area contributed by atoms with Gasteiger partial charge >= 0.3 is 0 Å². The van der Waals surface area contributed by atoms with Crippen LogP contribution in [0.5, 0.6) is 0 Å². The highest BCUT2D eigenvalue weighted by Crippen LogP contribution is 2.20. The number of ether oxygens (including phenoxy) is 1. The average molecular weight is 350 g/mol. The fraction of sp³-hybridized carbons (Fsp3) is 0.533. The fourth-order valence-electron chi connectivity index (χ4n) is 2.59. The number of aryl methyl sites for hydroxylation is 1. The molecule has 1 amide bonds. The van der Waals surface area contributed by atoms with Crippen molar-refractivity contribution in [3.8, 4) is 0 Å². The summed E-state index contributed by atoms with van der Waals surface area (Å²) in [4.78, 5) is 16.3. The minimum atomic E-state index is -0.514. The van der Waals surface area contributed by atoms with Crippen molar-refractivity contribution < 1.29 is 9.53 Å². The lowest BCUT2D eigenvalue weighted by Crippen LogP contribution is -2.53. The van der Waals surface area contributed by atoms with Crippen molar-refractivity contribution in [3.63, 3.8) is 0 Å². The number of hydrogen-bond acceptors (Lipinski definition) is 4. The van der Waals surface area contributed by atoms with E-state index in [4.69, 9.17) is 10.5 Å². The molecule has 1 atom stereocenters. The van der Waals surface area contributed by atoms with Crippen LogP contribution in [0.15, 0.2) is 24.3 Å². The molecule has 0 bridgehead atoms. The highest BCUT2D eigenvalue weighted by atomic mass is 35.5. The van der Waals surface area contributed by atoms with Crippen molar-refractivity contribution >= 4 is 36.4 Å². The third-order valence-electron chi connectivity index (χ3n) is 3.82. The van der Waals surface area contributed by atoms with Gasteiger partial charge in [-0.25, -0.2) is 0 Å². The van der Waals surface area contributed by atoms with E-state index in [2.05, 4.69) is 30.0 Å². The number of methoxy groups -OCH3 is 1. The summed E-state index contributed by atoms with van der Waals surface area (Å²) in [6.45, 7) is 5.46. The molecule has 2 N–H and O–H groups in total. The number of piperazine rings is 1. The summed E-state index contributed by atoms with van der Waals surface area (Å²) < 4.78 is 5.12. The van der Waals surface area contributed by atoms with E-state index in [1.54, 1.807) is 0 Å². The maximum absolute atomic E-state index is 12.2. The summed E-state index contributed by atoms with van der Waals surface area (Å²) in [6, 6.07) is 8.34. The molecule has 1 aromatic rings. The quantitative estimate of drug-likeness (QED) is 0.893. The van der Waals surface area contributed by atoms with Gasteiger partial charge in [0.15, 0.2) is 0 Å². The van der Waals surface area contributed by atoms with E-state index in [1.807, 2.05) is 11.0 Å². The first kappa shape index (κ1) is 21.0. The Bertz CT molecular complexity index is 462. The average Bonchev–Trinajstić information content (AvgIpc) is 2.49. The van der Waals surface area contributed by atoms with Crippen molar-refractivity contribution in [2.45, 2.75) is 13.0 Å². The van der Waals surface area contributed by atoms with E-state index in [0.29, 0.717) is 13.1 Å². The van der Waals surface area contributed by atoms with Gasteiger partial charge in [0.05, 0.1) is 0 Å². The Morgan fingerprint density at radius 3 is 2.32 bits per heavy atom. The van der Waals surface area contributed by atoms with Crippen LogP contribution in [0, 0.1) is 6.92 Å². The zero-order valence-corrected chi connectivity index (χ0v) is 14.7. The molecule has 22 heavy (non-hydrogen) atoms. The molecule has 0 spiro atoms. The second-order valence-corrected chi connectivity index (χ2v) is 5.06. The number of anilines is 1. The summed E-state index contributed by atoms with van der Waals surface area (Å²) >= 11 is 0. The summed E-state index contributed by atoms with van der Waals surface area (Å²) in [7, 11) is 1.53. The second kappa shape index (κ2) is 9.90. The predicted molar refractivity (Wildman–Crippen MR) is 94.3 cm³/mol. The molecular weight excluding hydrogens is 325 g/mol. The minimum absolute atomic E-state index is 0. The third kappa shape index (κ3) is 4.74. The van der Waals surface area contributed by atoms with Gasteiger partial charge in [-0.15, -0.1) is 24.8 Å². The van der Waals surface area contributed by atoms with Crippen molar-refractivity contribution in [1.29, 1.82) is 0 Å². The Hall–Kier alpha value is -1.01. The Morgan fingerprint density at radius 2 is 1.82 bits per heavy atom. The zero-order chi connectivity index (χ0) is 14.5. The minimum Gasteiger partial charge on any atom is -0.370 e. The van der Waals surface area contributed by atoms with Crippen molar-refractivity contribution in [2.75, 3.05) is 44.7 Å². The molecule has 1 heterocycles. The molecule has 1 saturated heterocycles. The van der Waals surface area contributed by atoms with Crippen molar-refractivity contribution in [2.24, 2.45) is 5.73 Å². The SMILES string of the molecule is COC(CN)C(=O)N1CCN(c2ccccc2C)CC1.Cl.Cl. The number of halogens is 2. The summed E-state index contributed by atoms with van der Waals surface area (Å²) in [5.74, 6) is -0.000524. The molecule has 0 radical (unpaired) electrons. The zero-order valence-electron chi connectivity index (χ0n) is 13.0. The van der Waals surface area contributed by atoms with Gasteiger partial charge in [0.1, 0.15) is 6.10 Å². The van der Waals surface area contributed by atoms with Crippen LogP contribution in [-0.4, -0.2) is 56.7 Å². The molecule has 1 aliphatic rings. The van der Waals surface area contributed by atoms with Gasteiger partial charge in [0, 0.05) is 45.5 Å². The maximum Gasteiger partial charge on any atom is 0.253 e. The summed E-state index contributed by atoms with van der Waals surface area (Å²) in [6.07, 6.45) is -0.514. The van der Waals surface area contributed by atoms with Crippen LogP contribution in [0.4, 0.5) is 5.69 Å².